The molecular weight excluding hydrogens is 342 g/mol. The fraction of sp³-hybridized carbons (Fsp3) is 0.214. The zero-order chi connectivity index (χ0) is 13.8. The molecule has 0 atom stereocenters. The van der Waals surface area contributed by atoms with Crippen molar-refractivity contribution < 1.29 is 4.79 Å². The molecule has 1 aromatic carbocycles. The highest BCUT2D eigenvalue weighted by atomic mass is 79.9. The van der Waals surface area contributed by atoms with Crippen LogP contribution < -0.4 is 0 Å². The van der Waals surface area contributed by atoms with Gasteiger partial charge in [-0.05, 0) is 36.1 Å². The standard InChI is InChI=1S/C14H14BrNOS2/c1-16(7-6-11-3-2-8-19-11)14(17)12-5-4-10(15)9-13(12)18/h2-5,8-9,18H,6-7H2,1H3. The first kappa shape index (κ1) is 14.6. The van der Waals surface area contributed by atoms with Crippen LogP contribution in [0.15, 0.2) is 45.1 Å². The molecule has 0 saturated carbocycles. The monoisotopic (exact) mass is 355 g/mol. The van der Waals surface area contributed by atoms with Crippen molar-refractivity contribution in [2.24, 2.45) is 0 Å². The van der Waals surface area contributed by atoms with Crippen LogP contribution in [0.3, 0.4) is 0 Å². The molecule has 2 nitrogen and oxygen atoms in total. The van der Waals surface area contributed by atoms with Crippen molar-refractivity contribution in [2.45, 2.75) is 11.3 Å². The molecule has 0 aliphatic carbocycles. The van der Waals surface area contributed by atoms with E-state index in [-0.39, 0.29) is 5.91 Å². The van der Waals surface area contributed by atoms with Gasteiger partial charge in [0.2, 0.25) is 0 Å². The summed E-state index contributed by atoms with van der Waals surface area (Å²) in [6.45, 7) is 0.711. The third-order valence-corrected chi connectivity index (χ3v) is 4.61. The maximum atomic E-state index is 12.3. The highest BCUT2D eigenvalue weighted by Crippen LogP contribution is 2.21. The van der Waals surface area contributed by atoms with Gasteiger partial charge in [-0.3, -0.25) is 4.79 Å². The van der Waals surface area contributed by atoms with Gasteiger partial charge in [0.25, 0.3) is 5.91 Å². The molecule has 1 amide bonds. The predicted molar refractivity (Wildman–Crippen MR) is 86.4 cm³/mol. The summed E-state index contributed by atoms with van der Waals surface area (Å²) >= 11 is 9.44. The zero-order valence-corrected chi connectivity index (χ0v) is 13.8. The summed E-state index contributed by atoms with van der Waals surface area (Å²) in [5.41, 5.74) is 0.639. The third kappa shape index (κ3) is 3.84. The Labute approximate surface area is 131 Å². The molecule has 0 fully saturated rings. The lowest BCUT2D eigenvalue weighted by atomic mass is 10.2. The molecule has 0 bridgehead atoms. The molecule has 0 unspecified atom stereocenters. The molecule has 1 heterocycles. The van der Waals surface area contributed by atoms with Gasteiger partial charge < -0.3 is 4.90 Å². The number of carbonyl (C=O) groups is 1. The van der Waals surface area contributed by atoms with Gasteiger partial charge in [0.05, 0.1) is 5.56 Å². The second-order valence-electron chi connectivity index (χ2n) is 4.22. The Hall–Kier alpha value is -0.780. The lowest BCUT2D eigenvalue weighted by molar-refractivity contribution is 0.0793. The Morgan fingerprint density at radius 2 is 2.21 bits per heavy atom. The third-order valence-electron chi connectivity index (χ3n) is 2.81. The topological polar surface area (TPSA) is 20.3 Å². The van der Waals surface area contributed by atoms with E-state index in [4.69, 9.17) is 0 Å². The average molecular weight is 356 g/mol. The van der Waals surface area contributed by atoms with E-state index in [0.717, 1.165) is 10.9 Å². The van der Waals surface area contributed by atoms with Crippen molar-refractivity contribution >= 4 is 45.8 Å². The lowest BCUT2D eigenvalue weighted by Crippen LogP contribution is -2.29. The Bertz CT molecular complexity index is 569. The van der Waals surface area contributed by atoms with E-state index in [9.17, 15) is 4.79 Å². The molecule has 2 rings (SSSR count). The van der Waals surface area contributed by atoms with Crippen LogP contribution in [0.5, 0.6) is 0 Å². The van der Waals surface area contributed by atoms with Crippen LogP contribution in [-0.4, -0.2) is 24.4 Å². The second-order valence-corrected chi connectivity index (χ2v) is 6.65. The highest BCUT2D eigenvalue weighted by molar-refractivity contribution is 9.10. The first-order valence-corrected chi connectivity index (χ1v) is 7.96. The van der Waals surface area contributed by atoms with Crippen LogP contribution in [0, 0.1) is 0 Å². The molecular formula is C14H14BrNOS2. The molecule has 0 radical (unpaired) electrons. The number of hydrogen-bond donors (Lipinski definition) is 1. The molecule has 0 spiro atoms. The molecule has 0 aliphatic heterocycles. The van der Waals surface area contributed by atoms with Gasteiger partial charge in [0, 0.05) is 27.8 Å². The Kier molecular flexibility index (Phi) is 5.07. The number of halogens is 1. The number of amides is 1. The first-order chi connectivity index (χ1) is 9.08. The molecule has 1 aromatic heterocycles. The van der Waals surface area contributed by atoms with E-state index in [2.05, 4.69) is 40.0 Å². The molecule has 19 heavy (non-hydrogen) atoms. The SMILES string of the molecule is CN(CCc1cccs1)C(=O)c1ccc(Br)cc1S. The maximum absolute atomic E-state index is 12.3. The van der Waals surface area contributed by atoms with E-state index in [1.54, 1.807) is 22.3 Å². The number of rotatable bonds is 4. The molecule has 0 aliphatic rings. The summed E-state index contributed by atoms with van der Waals surface area (Å²) in [7, 11) is 1.82. The normalized spacial score (nSPS) is 10.5. The first-order valence-electron chi connectivity index (χ1n) is 5.84. The minimum absolute atomic E-state index is 0.00839. The zero-order valence-electron chi connectivity index (χ0n) is 10.5. The smallest absolute Gasteiger partial charge is 0.254 e. The van der Waals surface area contributed by atoms with Crippen LogP contribution in [0.25, 0.3) is 0 Å². The minimum Gasteiger partial charge on any atom is -0.341 e. The number of benzene rings is 1. The Morgan fingerprint density at radius 3 is 2.84 bits per heavy atom. The summed E-state index contributed by atoms with van der Waals surface area (Å²) in [5, 5.41) is 2.05. The maximum Gasteiger partial charge on any atom is 0.254 e. The van der Waals surface area contributed by atoms with Gasteiger partial charge in [0.1, 0.15) is 0 Å². The van der Waals surface area contributed by atoms with Gasteiger partial charge >= 0.3 is 0 Å². The van der Waals surface area contributed by atoms with E-state index in [0.29, 0.717) is 17.0 Å². The largest absolute Gasteiger partial charge is 0.341 e. The molecule has 2 aromatic rings. The number of thiophene rings is 1. The predicted octanol–water partition coefficient (Wildman–Crippen LogP) is 4.11. The lowest BCUT2D eigenvalue weighted by Gasteiger charge is -2.17. The van der Waals surface area contributed by atoms with E-state index in [1.165, 1.54) is 4.88 Å². The summed E-state index contributed by atoms with van der Waals surface area (Å²) < 4.78 is 0.926. The van der Waals surface area contributed by atoms with Gasteiger partial charge in [0.15, 0.2) is 0 Å². The molecule has 0 saturated heterocycles. The summed E-state index contributed by atoms with van der Waals surface area (Å²) in [4.78, 5) is 16.0. The quantitative estimate of drug-likeness (QED) is 0.818. The summed E-state index contributed by atoms with van der Waals surface area (Å²) in [6.07, 6.45) is 0.887. The van der Waals surface area contributed by atoms with Gasteiger partial charge in [-0.1, -0.05) is 22.0 Å². The number of nitrogens with zero attached hydrogens (tertiary/aromatic N) is 1. The number of likely N-dealkylation sites (N-methyl/N-ethyl adjacent to an activating group) is 1. The summed E-state index contributed by atoms with van der Waals surface area (Å²) in [5.74, 6) is 0.00839. The van der Waals surface area contributed by atoms with E-state index in [1.807, 2.05) is 25.2 Å². The van der Waals surface area contributed by atoms with Crippen molar-refractivity contribution in [3.8, 4) is 0 Å². The fourth-order valence-electron chi connectivity index (χ4n) is 1.73. The number of carbonyl (C=O) groups excluding carboxylic acids is 1. The molecule has 5 heteroatoms. The van der Waals surface area contributed by atoms with Crippen molar-refractivity contribution in [2.75, 3.05) is 13.6 Å². The van der Waals surface area contributed by atoms with Gasteiger partial charge in [-0.15, -0.1) is 24.0 Å². The van der Waals surface area contributed by atoms with Crippen molar-refractivity contribution in [1.29, 1.82) is 0 Å². The van der Waals surface area contributed by atoms with Crippen LogP contribution in [0.1, 0.15) is 15.2 Å². The van der Waals surface area contributed by atoms with Gasteiger partial charge in [-0.2, -0.15) is 0 Å². The van der Waals surface area contributed by atoms with E-state index >= 15 is 0 Å². The van der Waals surface area contributed by atoms with Crippen LogP contribution in [0.4, 0.5) is 0 Å². The van der Waals surface area contributed by atoms with Crippen molar-refractivity contribution in [3.63, 3.8) is 0 Å². The van der Waals surface area contributed by atoms with Crippen LogP contribution in [0.2, 0.25) is 0 Å². The Balaban J connectivity index is 2.02. The number of thiol groups is 1. The Morgan fingerprint density at radius 1 is 1.42 bits per heavy atom. The van der Waals surface area contributed by atoms with Crippen LogP contribution in [-0.2, 0) is 6.42 Å². The minimum atomic E-state index is 0.00839. The average Bonchev–Trinajstić information content (AvgIpc) is 2.88. The van der Waals surface area contributed by atoms with E-state index < -0.39 is 0 Å². The fourth-order valence-corrected chi connectivity index (χ4v) is 3.27. The highest BCUT2D eigenvalue weighted by Gasteiger charge is 2.14. The summed E-state index contributed by atoms with van der Waals surface area (Å²) in [6, 6.07) is 9.62. The van der Waals surface area contributed by atoms with Crippen LogP contribution >= 0.6 is 39.9 Å². The van der Waals surface area contributed by atoms with Crippen molar-refractivity contribution in [1.82, 2.24) is 4.90 Å². The number of hydrogen-bond acceptors (Lipinski definition) is 3. The van der Waals surface area contributed by atoms with Crippen molar-refractivity contribution in [3.05, 3.63) is 50.6 Å². The molecule has 0 N–H and O–H groups in total. The second kappa shape index (κ2) is 6.59. The molecule has 100 valence electrons. The van der Waals surface area contributed by atoms with Gasteiger partial charge in [-0.25, -0.2) is 0 Å².